The Kier molecular flexibility index (Phi) is 7.86. The zero-order chi connectivity index (χ0) is 17.4. The van der Waals surface area contributed by atoms with Gasteiger partial charge >= 0.3 is 12.2 Å². The van der Waals surface area contributed by atoms with Gasteiger partial charge in [0.1, 0.15) is 11.2 Å². The molecule has 0 fully saturated rings. The summed E-state index contributed by atoms with van der Waals surface area (Å²) in [6.45, 7) is 11.2. The minimum absolute atomic E-state index is 0.0306. The van der Waals surface area contributed by atoms with Gasteiger partial charge in [0.2, 0.25) is 5.96 Å². The highest BCUT2D eigenvalue weighted by Gasteiger charge is 2.20. The summed E-state index contributed by atoms with van der Waals surface area (Å²) >= 11 is 0. The van der Waals surface area contributed by atoms with Gasteiger partial charge in [-0.2, -0.15) is 0 Å². The molecule has 0 aromatic rings. The fourth-order valence-corrected chi connectivity index (χ4v) is 1.19. The highest BCUT2D eigenvalue weighted by Crippen LogP contribution is 2.07. The minimum atomic E-state index is -0.713. The van der Waals surface area contributed by atoms with Gasteiger partial charge in [-0.25, -0.2) is 9.59 Å². The lowest BCUT2D eigenvalue weighted by atomic mass is 10.2. The molecule has 8 nitrogen and oxygen atoms in total. The van der Waals surface area contributed by atoms with E-state index in [2.05, 4.69) is 15.6 Å². The van der Waals surface area contributed by atoms with Gasteiger partial charge in [0.25, 0.3) is 0 Å². The van der Waals surface area contributed by atoms with Gasteiger partial charge in [-0.3, -0.25) is 15.6 Å². The third-order valence-corrected chi connectivity index (χ3v) is 1.87. The molecule has 8 heteroatoms. The van der Waals surface area contributed by atoms with Crippen molar-refractivity contribution >= 4 is 18.1 Å². The molecule has 4 N–H and O–H groups in total. The van der Waals surface area contributed by atoms with E-state index in [0.29, 0.717) is 19.5 Å². The number of rotatable bonds is 3. The molecule has 0 aliphatic heterocycles. The van der Waals surface area contributed by atoms with E-state index in [-0.39, 0.29) is 5.96 Å². The molecule has 0 aromatic carbocycles. The van der Waals surface area contributed by atoms with Crippen LogP contribution in [-0.2, 0) is 9.47 Å². The quantitative estimate of drug-likeness (QED) is 0.417. The lowest BCUT2D eigenvalue weighted by Crippen LogP contribution is -2.47. The second-order valence-electron chi connectivity index (χ2n) is 6.63. The van der Waals surface area contributed by atoms with Crippen LogP contribution in [0.3, 0.4) is 0 Å². The van der Waals surface area contributed by atoms with E-state index in [9.17, 15) is 9.59 Å². The number of nitrogens with two attached hydrogens (primary N) is 1. The lowest BCUT2D eigenvalue weighted by molar-refractivity contribution is 0.0545. The second kappa shape index (κ2) is 8.57. The average molecular weight is 316 g/mol. The molecule has 0 spiro atoms. The Labute approximate surface area is 131 Å². The van der Waals surface area contributed by atoms with E-state index in [1.807, 2.05) is 0 Å². The van der Waals surface area contributed by atoms with E-state index in [0.717, 1.165) is 0 Å². The van der Waals surface area contributed by atoms with E-state index in [1.54, 1.807) is 41.5 Å². The molecule has 0 unspecified atom stereocenters. The Balaban J connectivity index is 4.73. The van der Waals surface area contributed by atoms with Crippen molar-refractivity contribution in [3.63, 3.8) is 0 Å². The molecule has 128 valence electrons. The van der Waals surface area contributed by atoms with Gasteiger partial charge in [0, 0.05) is 6.54 Å². The van der Waals surface area contributed by atoms with Crippen LogP contribution >= 0.6 is 0 Å². The van der Waals surface area contributed by atoms with Crippen molar-refractivity contribution in [2.45, 2.75) is 59.2 Å². The fourth-order valence-electron chi connectivity index (χ4n) is 1.19. The molecule has 0 aromatic heterocycles. The first-order valence-corrected chi connectivity index (χ1v) is 7.17. The number of alkyl carbamates (subject to hydrolysis) is 2. The van der Waals surface area contributed by atoms with Crippen LogP contribution < -0.4 is 16.4 Å². The Bertz CT molecular complexity index is 376. The van der Waals surface area contributed by atoms with Crippen LogP contribution in [0.5, 0.6) is 0 Å². The summed E-state index contributed by atoms with van der Waals surface area (Å²) in [5.74, 6) is -0.0306. The first-order chi connectivity index (χ1) is 9.93. The smallest absolute Gasteiger partial charge is 0.414 e. The standard InChI is InChI=1S/C14H28N4O4/c1-13(2,3)21-11(19)17-10(16-9-7-8-15)18-12(20)22-14(4,5)6/h7-9,15H2,1-6H3,(H2,16,17,18,19,20). The summed E-state index contributed by atoms with van der Waals surface area (Å²) in [5, 5.41) is 4.77. The number of nitrogens with one attached hydrogen (secondary N) is 2. The van der Waals surface area contributed by atoms with Crippen molar-refractivity contribution in [1.29, 1.82) is 0 Å². The molecule has 0 radical (unpaired) electrons. The summed E-state index contributed by atoms with van der Waals surface area (Å²) in [5.41, 5.74) is 4.08. The van der Waals surface area contributed by atoms with E-state index in [4.69, 9.17) is 15.2 Å². The number of hydrogen-bond donors (Lipinski definition) is 3. The normalized spacial score (nSPS) is 11.4. The molecule has 22 heavy (non-hydrogen) atoms. The van der Waals surface area contributed by atoms with Crippen LogP contribution in [-0.4, -0.2) is 42.4 Å². The van der Waals surface area contributed by atoms with Gasteiger partial charge in [0.05, 0.1) is 0 Å². The number of nitrogens with zero attached hydrogens (tertiary/aromatic N) is 1. The largest absolute Gasteiger partial charge is 0.444 e. The van der Waals surface area contributed by atoms with Crippen LogP contribution in [0.2, 0.25) is 0 Å². The predicted octanol–water partition coefficient (Wildman–Crippen LogP) is 1.74. The number of ether oxygens (including phenoxy) is 2. The molecule has 0 atom stereocenters. The number of guanidine groups is 1. The summed E-state index contributed by atoms with van der Waals surface area (Å²) in [7, 11) is 0. The number of carbonyl (C=O) groups is 2. The van der Waals surface area contributed by atoms with E-state index < -0.39 is 23.4 Å². The molecule has 0 saturated carbocycles. The third-order valence-electron chi connectivity index (χ3n) is 1.87. The van der Waals surface area contributed by atoms with E-state index >= 15 is 0 Å². The fraction of sp³-hybridized carbons (Fsp3) is 0.786. The van der Waals surface area contributed by atoms with E-state index in [1.165, 1.54) is 0 Å². The highest BCUT2D eigenvalue weighted by molar-refractivity contribution is 6.01. The maximum absolute atomic E-state index is 11.7. The molecule has 0 aliphatic rings. The Morgan fingerprint density at radius 3 is 1.68 bits per heavy atom. The van der Waals surface area contributed by atoms with Crippen LogP contribution in [0.1, 0.15) is 48.0 Å². The molecule has 0 bridgehead atoms. The number of aliphatic imine (C=N–C) groups is 1. The van der Waals surface area contributed by atoms with Crippen molar-refractivity contribution in [3.8, 4) is 0 Å². The molecule has 0 rings (SSSR count). The van der Waals surface area contributed by atoms with Gasteiger partial charge in [-0.05, 0) is 54.5 Å². The SMILES string of the molecule is CC(C)(C)OC(=O)NC(=NCCCN)NC(=O)OC(C)(C)C. The molecular formula is C14H28N4O4. The van der Waals surface area contributed by atoms with Crippen LogP contribution in [0.25, 0.3) is 0 Å². The van der Waals surface area contributed by atoms with Crippen LogP contribution in [0, 0.1) is 0 Å². The van der Waals surface area contributed by atoms with Crippen molar-refractivity contribution in [1.82, 2.24) is 10.6 Å². The Hall–Kier alpha value is -1.83. The molecule has 0 saturated heterocycles. The number of amides is 2. The first-order valence-electron chi connectivity index (χ1n) is 7.17. The average Bonchev–Trinajstić information content (AvgIpc) is 2.23. The Morgan fingerprint density at radius 2 is 1.36 bits per heavy atom. The maximum atomic E-state index is 11.7. The van der Waals surface area contributed by atoms with Crippen molar-refractivity contribution < 1.29 is 19.1 Å². The molecular weight excluding hydrogens is 288 g/mol. The van der Waals surface area contributed by atoms with Crippen LogP contribution in [0.15, 0.2) is 4.99 Å². The molecule has 0 heterocycles. The van der Waals surface area contributed by atoms with Gasteiger partial charge in [0.15, 0.2) is 0 Å². The van der Waals surface area contributed by atoms with Gasteiger partial charge < -0.3 is 15.2 Å². The zero-order valence-corrected chi connectivity index (χ0v) is 14.3. The zero-order valence-electron chi connectivity index (χ0n) is 14.3. The first kappa shape index (κ1) is 20.2. The monoisotopic (exact) mass is 316 g/mol. The minimum Gasteiger partial charge on any atom is -0.444 e. The van der Waals surface area contributed by atoms with Crippen molar-refractivity contribution in [3.05, 3.63) is 0 Å². The van der Waals surface area contributed by atoms with Gasteiger partial charge in [-0.15, -0.1) is 0 Å². The van der Waals surface area contributed by atoms with Crippen molar-refractivity contribution in [2.24, 2.45) is 10.7 Å². The summed E-state index contributed by atoms with van der Waals surface area (Å²) in [6, 6.07) is 0. The van der Waals surface area contributed by atoms with Crippen LogP contribution in [0.4, 0.5) is 9.59 Å². The van der Waals surface area contributed by atoms with Gasteiger partial charge in [-0.1, -0.05) is 0 Å². The Morgan fingerprint density at radius 1 is 0.955 bits per heavy atom. The summed E-state index contributed by atoms with van der Waals surface area (Å²) < 4.78 is 10.2. The third kappa shape index (κ3) is 12.0. The van der Waals surface area contributed by atoms with Crippen molar-refractivity contribution in [2.75, 3.05) is 13.1 Å². The molecule has 2 amide bonds. The maximum Gasteiger partial charge on any atom is 0.414 e. The number of carbonyl (C=O) groups excluding carboxylic acids is 2. The number of hydrogen-bond acceptors (Lipinski definition) is 6. The summed E-state index contributed by atoms with van der Waals surface area (Å²) in [6.07, 6.45) is -0.805. The second-order valence-corrected chi connectivity index (χ2v) is 6.63. The molecule has 0 aliphatic carbocycles. The lowest BCUT2D eigenvalue weighted by Gasteiger charge is -2.22. The topological polar surface area (TPSA) is 115 Å². The predicted molar refractivity (Wildman–Crippen MR) is 84.7 cm³/mol. The highest BCUT2D eigenvalue weighted by atomic mass is 16.6. The summed E-state index contributed by atoms with van der Waals surface area (Å²) in [4.78, 5) is 27.5.